The lowest BCUT2D eigenvalue weighted by molar-refractivity contribution is -0.148. The van der Waals surface area contributed by atoms with Gasteiger partial charge in [0.05, 0.1) is 62.0 Å². The summed E-state index contributed by atoms with van der Waals surface area (Å²) < 4.78 is 23.2. The van der Waals surface area contributed by atoms with Gasteiger partial charge in [0.15, 0.2) is 0 Å². The van der Waals surface area contributed by atoms with Crippen LogP contribution >= 0.6 is 0 Å². The number of amides is 11. The molecule has 1 aliphatic heterocycles. The van der Waals surface area contributed by atoms with Gasteiger partial charge in [-0.25, -0.2) is 9.59 Å². The summed E-state index contributed by atoms with van der Waals surface area (Å²) in [5.74, 6) is -8.43. The summed E-state index contributed by atoms with van der Waals surface area (Å²) in [6, 6.07) is 6.60. The maximum Gasteiger partial charge on any atom is 0.410 e. The molecule has 13 atom stereocenters. The third-order valence-electron chi connectivity index (χ3n) is 18.4. The molecule has 29 nitrogen and oxygen atoms in total. The molecule has 0 saturated carbocycles. The van der Waals surface area contributed by atoms with Gasteiger partial charge in [-0.1, -0.05) is 125 Å². The number of urea groups is 1. The van der Waals surface area contributed by atoms with Crippen molar-refractivity contribution in [1.29, 1.82) is 0 Å². The number of rotatable bonds is 44. The lowest BCUT2D eigenvalue weighted by atomic mass is 9.89. The third kappa shape index (κ3) is 27.9. The van der Waals surface area contributed by atoms with Crippen LogP contribution in [0.3, 0.4) is 0 Å². The van der Waals surface area contributed by atoms with E-state index in [0.717, 1.165) is 4.90 Å². The minimum absolute atomic E-state index is 0.00901. The second-order valence-electron chi connectivity index (χ2n) is 27.5. The molecule has 1 fully saturated rings. The standard InChI is InChI=1S/C72H115N11O18/c1-17-45(10)62(55(98-15)39-57(86)83-36-22-26-53(83)64(99-16)46(11)65(90)75-47(12)63(89)49-23-19-18-20-24-49)81(13)70(95)60(43(6)7)80-69(94)61(44(8)9)82(14)72(97)101-40-48-27-29-50(30-28-48)76-66(91)51(25-21-35-74-71(73)96)78-68(93)59(42(4)5)79-67(92)52(31-32-58(87)88)77-56(85)34-38-100-37-33-54(84)41(2)3/h18-20,23-24,27-30,41-47,51-53,55,59-64,89H,17,21-22,25-26,31-40H2,1-16H3,(H,75,90)(H,76,91)(H,77,85)(H,78,93)(H,79,92)(H,80,94)(H,87,88)(H3,73,74,96)/t45-,46+,47+,51-,52-,53-,55+,59-,60-,61-,62-,63+,64+/m0/s1. The largest absolute Gasteiger partial charge is 0.481 e. The van der Waals surface area contributed by atoms with Gasteiger partial charge in [-0.2, -0.15) is 0 Å². The van der Waals surface area contributed by atoms with Gasteiger partial charge in [-0.05, 0) is 86.0 Å². The molecule has 11 amide bonds. The number of methoxy groups -OCH3 is 2. The zero-order valence-electron chi connectivity index (χ0n) is 62.0. The lowest BCUT2D eigenvalue weighted by Gasteiger charge is -2.41. The second kappa shape index (κ2) is 43.5. The maximum atomic E-state index is 14.8. The van der Waals surface area contributed by atoms with Gasteiger partial charge < -0.3 is 81.9 Å². The Morgan fingerprint density at radius 3 is 1.85 bits per heavy atom. The molecular weight excluding hydrogens is 1310 g/mol. The zero-order valence-corrected chi connectivity index (χ0v) is 62.0. The first-order chi connectivity index (χ1) is 47.6. The second-order valence-corrected chi connectivity index (χ2v) is 27.5. The number of hydrogen-bond donors (Lipinski definition) is 10. The van der Waals surface area contributed by atoms with Gasteiger partial charge in [0.25, 0.3) is 0 Å². The molecule has 3 rings (SSSR count). The molecule has 1 heterocycles. The number of nitrogens with two attached hydrogens (primary N) is 1. The fraction of sp³-hybridized carbons (Fsp3) is 0.667. The number of likely N-dealkylation sites (tertiary alicyclic amines) is 1. The molecule has 566 valence electrons. The Morgan fingerprint density at radius 1 is 0.673 bits per heavy atom. The number of carboxylic acids is 1. The number of ketones is 1. The van der Waals surface area contributed by atoms with Crippen LogP contribution in [0.5, 0.6) is 0 Å². The number of anilines is 1. The van der Waals surface area contributed by atoms with Gasteiger partial charge in [0, 0.05) is 72.3 Å². The number of nitrogens with one attached hydrogen (secondary N) is 7. The normalized spacial score (nSPS) is 16.6. The highest BCUT2D eigenvalue weighted by Gasteiger charge is 2.44. The van der Waals surface area contributed by atoms with E-state index in [0.29, 0.717) is 36.9 Å². The van der Waals surface area contributed by atoms with Crippen molar-refractivity contribution in [1.82, 2.24) is 46.6 Å². The Hall–Kier alpha value is -8.28. The maximum absolute atomic E-state index is 14.8. The number of carboxylic acid groups (broad SMARTS) is 1. The first-order valence-electron chi connectivity index (χ1n) is 35.1. The number of primary amides is 1. The molecule has 1 aliphatic rings. The number of carbonyl (C=O) groups is 12. The summed E-state index contributed by atoms with van der Waals surface area (Å²) in [5.41, 5.74) is 6.66. The summed E-state index contributed by atoms with van der Waals surface area (Å²) in [4.78, 5) is 165. The minimum Gasteiger partial charge on any atom is -0.481 e. The molecule has 0 unspecified atom stereocenters. The van der Waals surface area contributed by atoms with Gasteiger partial charge in [-0.15, -0.1) is 0 Å². The van der Waals surface area contributed by atoms with E-state index < -0.39 is 150 Å². The van der Waals surface area contributed by atoms with E-state index in [-0.39, 0.29) is 100 Å². The fourth-order valence-corrected chi connectivity index (χ4v) is 12.2. The molecular formula is C72H115N11O18. The predicted octanol–water partition coefficient (Wildman–Crippen LogP) is 4.96. The quantitative estimate of drug-likeness (QED) is 0.0392. The number of benzene rings is 2. The molecule has 0 aromatic heterocycles. The van der Waals surface area contributed by atoms with Gasteiger partial charge in [0.2, 0.25) is 47.3 Å². The predicted molar refractivity (Wildman–Crippen MR) is 378 cm³/mol. The molecule has 1 saturated heterocycles. The first kappa shape index (κ1) is 86.9. The third-order valence-corrected chi connectivity index (χ3v) is 18.4. The van der Waals surface area contributed by atoms with Gasteiger partial charge in [0.1, 0.15) is 42.6 Å². The Bertz CT molecular complexity index is 3030. The Balaban J connectivity index is 1.72. The number of likely N-dealkylation sites (N-methyl/N-ethyl adjacent to an activating group) is 2. The summed E-state index contributed by atoms with van der Waals surface area (Å²) >= 11 is 0. The molecule has 0 radical (unpaired) electrons. The number of ether oxygens (including phenoxy) is 4. The van der Waals surface area contributed by atoms with Crippen molar-refractivity contribution in [3.05, 3.63) is 65.7 Å². The smallest absolute Gasteiger partial charge is 0.410 e. The average Bonchev–Trinajstić information content (AvgIpc) is 1.80. The van der Waals surface area contributed by atoms with Crippen LogP contribution in [0.4, 0.5) is 15.3 Å². The van der Waals surface area contributed by atoms with Crippen LogP contribution in [0.25, 0.3) is 0 Å². The molecule has 0 spiro atoms. The number of aliphatic hydroxyl groups is 1. The molecule has 2 aromatic rings. The van der Waals surface area contributed by atoms with Crippen molar-refractivity contribution in [3.8, 4) is 0 Å². The lowest BCUT2D eigenvalue weighted by Crippen LogP contribution is -2.60. The molecule has 0 aliphatic carbocycles. The van der Waals surface area contributed by atoms with Crippen LogP contribution in [0, 0.1) is 35.5 Å². The van der Waals surface area contributed by atoms with Crippen LogP contribution < -0.4 is 43.0 Å². The number of nitrogens with zero attached hydrogens (tertiary/aromatic N) is 3. The fourth-order valence-electron chi connectivity index (χ4n) is 12.2. The van der Waals surface area contributed by atoms with E-state index in [9.17, 15) is 67.7 Å². The van der Waals surface area contributed by atoms with Crippen molar-refractivity contribution < 1.29 is 86.7 Å². The Kier molecular flexibility index (Phi) is 37.5. The number of aliphatic hydroxyl groups excluding tert-OH is 1. The van der Waals surface area contributed by atoms with Crippen molar-refractivity contribution in [3.63, 3.8) is 0 Å². The van der Waals surface area contributed by atoms with Gasteiger partial charge >= 0.3 is 18.1 Å². The highest BCUT2D eigenvalue weighted by molar-refractivity contribution is 5.99. The van der Waals surface area contributed by atoms with E-state index in [1.165, 1.54) is 38.3 Å². The zero-order chi connectivity index (χ0) is 76.0. The highest BCUT2D eigenvalue weighted by Crippen LogP contribution is 2.31. The number of carbonyl (C=O) groups excluding carboxylic acids is 11. The molecule has 11 N–H and O–H groups in total. The van der Waals surface area contributed by atoms with E-state index in [1.54, 1.807) is 105 Å². The van der Waals surface area contributed by atoms with Crippen LogP contribution in [-0.4, -0.2) is 211 Å². The van der Waals surface area contributed by atoms with E-state index in [4.69, 9.17) is 24.7 Å². The summed E-state index contributed by atoms with van der Waals surface area (Å²) in [5, 5.41) is 39.2. The van der Waals surface area contributed by atoms with Crippen molar-refractivity contribution in [2.75, 3.05) is 59.9 Å². The van der Waals surface area contributed by atoms with Crippen molar-refractivity contribution in [2.24, 2.45) is 41.2 Å². The van der Waals surface area contributed by atoms with Crippen molar-refractivity contribution >= 4 is 76.8 Å². The molecule has 2 aromatic carbocycles. The first-order valence-corrected chi connectivity index (χ1v) is 35.1. The number of Topliss-reactive ketones (excluding diaryl/α,β-unsaturated/α-hetero) is 1. The van der Waals surface area contributed by atoms with E-state index in [2.05, 4.69) is 37.2 Å². The SMILES string of the molecule is CC[C@H](C)[C@@H]([C@@H](CC(=O)N1CCC[C@H]1[C@H](OC)[C@@H](C)C(=O)N[C@H](C)[C@@H](O)c1ccccc1)OC)N(C)C(=O)[C@@H](NC(=O)[C@H](C(C)C)N(C)C(=O)OCc1ccc(NC(=O)[C@H](CCCNC(N)=O)NC(=O)[C@@H](NC(=O)[C@H](CCC(=O)O)NC(=O)CCOCCC(=O)C(C)C)C(C)C)cc1)C(C)C. The summed E-state index contributed by atoms with van der Waals surface area (Å²) in [7, 11) is 6.03. The van der Waals surface area contributed by atoms with E-state index in [1.807, 2.05) is 32.0 Å². The number of aliphatic carboxylic acids is 1. The Morgan fingerprint density at radius 2 is 1.29 bits per heavy atom. The summed E-state index contributed by atoms with van der Waals surface area (Å²) in [6.07, 6.45) is -2.25. The van der Waals surface area contributed by atoms with Crippen LogP contribution in [0.2, 0.25) is 0 Å². The van der Waals surface area contributed by atoms with E-state index >= 15 is 0 Å². The van der Waals surface area contributed by atoms with Crippen LogP contribution in [-0.2, 0) is 73.5 Å². The Labute approximate surface area is 595 Å². The topological polar surface area (TPSA) is 402 Å². The molecule has 29 heteroatoms. The van der Waals surface area contributed by atoms with Crippen molar-refractivity contribution in [2.45, 2.75) is 221 Å². The number of hydrogen-bond acceptors (Lipinski definition) is 17. The van der Waals surface area contributed by atoms with Crippen LogP contribution in [0.15, 0.2) is 54.6 Å². The van der Waals surface area contributed by atoms with Crippen LogP contribution in [0.1, 0.15) is 165 Å². The molecule has 0 bridgehead atoms. The average molecular weight is 1420 g/mol. The minimum atomic E-state index is -1.37. The highest BCUT2D eigenvalue weighted by atomic mass is 16.6. The summed E-state index contributed by atoms with van der Waals surface area (Å²) in [6.45, 7) is 21.4. The van der Waals surface area contributed by atoms with Gasteiger partial charge in [-0.3, -0.25) is 52.8 Å². The monoisotopic (exact) mass is 1420 g/mol. The molecule has 101 heavy (non-hydrogen) atoms.